The van der Waals surface area contributed by atoms with Crippen molar-refractivity contribution in [1.29, 1.82) is 0 Å². The van der Waals surface area contributed by atoms with Crippen LogP contribution in [0.15, 0.2) is 30.3 Å². The van der Waals surface area contributed by atoms with Gasteiger partial charge in [0.2, 0.25) is 0 Å². The van der Waals surface area contributed by atoms with Gasteiger partial charge in [-0.1, -0.05) is 18.2 Å². The smallest absolute Gasteiger partial charge is 0.338 e. The Morgan fingerprint density at radius 2 is 1.92 bits per heavy atom. The maximum absolute atomic E-state index is 12.5. The Labute approximate surface area is 145 Å². The summed E-state index contributed by atoms with van der Waals surface area (Å²) in [6.07, 6.45) is 4.68. The summed E-state index contributed by atoms with van der Waals surface area (Å²) in [6.45, 7) is 8.37. The number of esters is 1. The van der Waals surface area contributed by atoms with Crippen LogP contribution in [0.5, 0.6) is 0 Å². The molecule has 3 rings (SSSR count). The summed E-state index contributed by atoms with van der Waals surface area (Å²) in [5.74, 6) is 0.0794. The van der Waals surface area contributed by atoms with Crippen molar-refractivity contribution in [1.82, 2.24) is 0 Å². The van der Waals surface area contributed by atoms with Gasteiger partial charge in [-0.2, -0.15) is 0 Å². The second kappa shape index (κ2) is 7.66. The molecule has 2 saturated heterocycles. The number of piperidine rings is 1. The topological polar surface area (TPSA) is 40.0 Å². The van der Waals surface area contributed by atoms with E-state index in [9.17, 15) is 4.79 Å². The molecule has 1 N–H and O–H groups in total. The Bertz CT molecular complexity index is 537. The van der Waals surface area contributed by atoms with Crippen LogP contribution in [-0.2, 0) is 9.47 Å². The van der Waals surface area contributed by atoms with Crippen molar-refractivity contribution in [3.63, 3.8) is 0 Å². The molecule has 0 bridgehead atoms. The summed E-state index contributed by atoms with van der Waals surface area (Å²) >= 11 is 0. The van der Waals surface area contributed by atoms with Crippen LogP contribution in [0.25, 0.3) is 0 Å². The molecule has 132 valence electrons. The van der Waals surface area contributed by atoms with E-state index < -0.39 is 0 Å². The van der Waals surface area contributed by atoms with Crippen molar-refractivity contribution in [3.05, 3.63) is 35.9 Å². The number of quaternary nitrogens is 1. The van der Waals surface area contributed by atoms with Crippen LogP contribution in [0, 0.1) is 5.92 Å². The molecule has 0 saturated carbocycles. The molecule has 0 amide bonds. The quantitative estimate of drug-likeness (QED) is 0.859. The van der Waals surface area contributed by atoms with E-state index in [0.717, 1.165) is 13.0 Å². The molecule has 0 spiro atoms. The fourth-order valence-corrected chi connectivity index (χ4v) is 3.88. The van der Waals surface area contributed by atoms with E-state index in [1.807, 2.05) is 30.3 Å². The van der Waals surface area contributed by atoms with E-state index >= 15 is 0 Å². The van der Waals surface area contributed by atoms with Gasteiger partial charge in [0.05, 0.1) is 43.3 Å². The van der Waals surface area contributed by atoms with Gasteiger partial charge in [0.1, 0.15) is 6.10 Å². The molecule has 2 fully saturated rings. The highest BCUT2D eigenvalue weighted by atomic mass is 16.6. The monoisotopic (exact) mass is 332 g/mol. The number of rotatable bonds is 4. The lowest BCUT2D eigenvalue weighted by Gasteiger charge is -2.41. The van der Waals surface area contributed by atoms with Gasteiger partial charge in [-0.05, 0) is 45.2 Å². The van der Waals surface area contributed by atoms with Crippen molar-refractivity contribution in [3.8, 4) is 0 Å². The van der Waals surface area contributed by atoms with Gasteiger partial charge in [0.25, 0.3) is 0 Å². The molecule has 4 nitrogen and oxygen atoms in total. The van der Waals surface area contributed by atoms with Gasteiger partial charge < -0.3 is 14.4 Å². The molecular formula is C20H30NO3+. The molecule has 1 aromatic carbocycles. The summed E-state index contributed by atoms with van der Waals surface area (Å²) in [6, 6.07) is 9.30. The molecule has 24 heavy (non-hydrogen) atoms. The van der Waals surface area contributed by atoms with E-state index in [4.69, 9.17) is 9.47 Å². The highest BCUT2D eigenvalue weighted by Gasteiger charge is 2.40. The molecule has 2 aliphatic rings. The zero-order chi connectivity index (χ0) is 17.0. The lowest BCUT2D eigenvalue weighted by atomic mass is 9.87. The predicted molar refractivity (Wildman–Crippen MR) is 93.2 cm³/mol. The maximum atomic E-state index is 12.5. The Balaban J connectivity index is 1.66. The van der Waals surface area contributed by atoms with Gasteiger partial charge in [-0.3, -0.25) is 0 Å². The van der Waals surface area contributed by atoms with Crippen molar-refractivity contribution >= 4 is 5.97 Å². The third kappa shape index (κ3) is 4.58. The third-order valence-electron chi connectivity index (χ3n) is 5.29. The van der Waals surface area contributed by atoms with E-state index in [-0.39, 0.29) is 17.7 Å². The van der Waals surface area contributed by atoms with E-state index in [2.05, 4.69) is 13.8 Å². The summed E-state index contributed by atoms with van der Waals surface area (Å²) in [5.41, 5.74) is 0.404. The van der Waals surface area contributed by atoms with Crippen LogP contribution in [0.3, 0.4) is 0 Å². The number of hydrogen-bond acceptors (Lipinski definition) is 3. The normalized spacial score (nSPS) is 27.6. The SMILES string of the molecule is CC1(C)C[C@@H](OC(=O)c2ccccc2)[C@H](C[NH+]2CCCCC2)CO1. The molecule has 0 unspecified atom stereocenters. The molecule has 2 aliphatic heterocycles. The molecule has 0 aliphatic carbocycles. The van der Waals surface area contributed by atoms with Crippen molar-refractivity contribution in [2.45, 2.75) is 51.2 Å². The Kier molecular flexibility index (Phi) is 5.57. The first kappa shape index (κ1) is 17.4. The van der Waals surface area contributed by atoms with Crippen LogP contribution < -0.4 is 4.90 Å². The summed E-state index contributed by atoms with van der Waals surface area (Å²) in [7, 11) is 0. The fraction of sp³-hybridized carbons (Fsp3) is 0.650. The number of benzene rings is 1. The van der Waals surface area contributed by atoms with Crippen LogP contribution in [0.2, 0.25) is 0 Å². The standard InChI is InChI=1S/C20H29NO3/c1-20(2)13-18(24-19(22)16-9-5-3-6-10-16)17(15-23-20)14-21-11-7-4-8-12-21/h3,5-6,9-10,17-18H,4,7-8,11-15H2,1-2H3/p+1/t17-,18-/m1/s1. The Hall–Kier alpha value is -1.39. The second-order valence-corrected chi connectivity index (χ2v) is 7.86. The zero-order valence-electron chi connectivity index (χ0n) is 14.9. The molecule has 4 heteroatoms. The minimum atomic E-state index is -0.227. The van der Waals surface area contributed by atoms with Gasteiger partial charge in [0.15, 0.2) is 0 Å². The van der Waals surface area contributed by atoms with E-state index in [0.29, 0.717) is 18.1 Å². The van der Waals surface area contributed by atoms with Crippen molar-refractivity contribution < 1.29 is 19.2 Å². The number of carbonyl (C=O) groups is 1. The first-order valence-corrected chi connectivity index (χ1v) is 9.27. The fourth-order valence-electron chi connectivity index (χ4n) is 3.88. The molecule has 0 radical (unpaired) electrons. The van der Waals surface area contributed by atoms with Crippen molar-refractivity contribution in [2.24, 2.45) is 5.92 Å². The average Bonchev–Trinajstić information content (AvgIpc) is 2.59. The Morgan fingerprint density at radius 3 is 2.62 bits per heavy atom. The first-order chi connectivity index (χ1) is 11.5. The molecule has 0 aromatic heterocycles. The predicted octanol–water partition coefficient (Wildman–Crippen LogP) is 2.10. The van der Waals surface area contributed by atoms with E-state index in [1.165, 1.54) is 32.4 Å². The molecule has 2 atom stereocenters. The molecule has 1 aromatic rings. The number of ether oxygens (including phenoxy) is 2. The third-order valence-corrected chi connectivity index (χ3v) is 5.29. The number of hydrogen-bond donors (Lipinski definition) is 1. The van der Waals surface area contributed by atoms with Crippen LogP contribution in [-0.4, -0.2) is 43.9 Å². The van der Waals surface area contributed by atoms with Crippen molar-refractivity contribution in [2.75, 3.05) is 26.2 Å². The molecule has 2 heterocycles. The summed E-state index contributed by atoms with van der Waals surface area (Å²) in [5, 5.41) is 0. The first-order valence-electron chi connectivity index (χ1n) is 9.27. The van der Waals surface area contributed by atoms with Gasteiger partial charge in [0, 0.05) is 6.42 Å². The summed E-state index contributed by atoms with van der Waals surface area (Å²) in [4.78, 5) is 14.1. The van der Waals surface area contributed by atoms with Crippen LogP contribution >= 0.6 is 0 Å². The van der Waals surface area contributed by atoms with Gasteiger partial charge in [-0.25, -0.2) is 4.79 Å². The highest BCUT2D eigenvalue weighted by Crippen LogP contribution is 2.30. The maximum Gasteiger partial charge on any atom is 0.338 e. The Morgan fingerprint density at radius 1 is 1.21 bits per heavy atom. The highest BCUT2D eigenvalue weighted by molar-refractivity contribution is 5.89. The summed E-state index contributed by atoms with van der Waals surface area (Å²) < 4.78 is 12.0. The molecular weight excluding hydrogens is 302 g/mol. The van der Waals surface area contributed by atoms with Crippen LogP contribution in [0.1, 0.15) is 49.9 Å². The second-order valence-electron chi connectivity index (χ2n) is 7.86. The lowest BCUT2D eigenvalue weighted by molar-refractivity contribution is -0.909. The van der Waals surface area contributed by atoms with Gasteiger partial charge >= 0.3 is 5.97 Å². The van der Waals surface area contributed by atoms with Crippen LogP contribution in [0.4, 0.5) is 0 Å². The average molecular weight is 332 g/mol. The number of nitrogens with one attached hydrogen (secondary N) is 1. The van der Waals surface area contributed by atoms with E-state index in [1.54, 1.807) is 4.90 Å². The number of carbonyl (C=O) groups excluding carboxylic acids is 1. The van der Waals surface area contributed by atoms with Gasteiger partial charge in [-0.15, -0.1) is 0 Å². The zero-order valence-corrected chi connectivity index (χ0v) is 14.9. The number of likely N-dealkylation sites (tertiary alicyclic amines) is 1. The largest absolute Gasteiger partial charge is 0.458 e. The minimum absolute atomic E-state index is 0.0594. The lowest BCUT2D eigenvalue weighted by Crippen LogP contribution is -3.13. The minimum Gasteiger partial charge on any atom is -0.458 e.